The van der Waals surface area contributed by atoms with Gasteiger partial charge in [-0.1, -0.05) is 35.9 Å². The summed E-state index contributed by atoms with van der Waals surface area (Å²) in [5, 5.41) is 3.93. The van der Waals surface area contributed by atoms with E-state index < -0.39 is 0 Å². The minimum atomic E-state index is 0.811. The summed E-state index contributed by atoms with van der Waals surface area (Å²) in [7, 11) is 4.01. The molecule has 0 fully saturated rings. The molecular weight excluding hydrogens is 270 g/mol. The van der Waals surface area contributed by atoms with Gasteiger partial charge in [0.2, 0.25) is 0 Å². The van der Waals surface area contributed by atoms with E-state index in [1.54, 1.807) is 0 Å². The van der Waals surface area contributed by atoms with Crippen molar-refractivity contribution in [3.8, 4) is 0 Å². The lowest BCUT2D eigenvalue weighted by Crippen LogP contribution is -2.18. The van der Waals surface area contributed by atoms with Gasteiger partial charge in [0.05, 0.1) is 5.69 Å². The molecule has 0 unspecified atom stereocenters. The van der Waals surface area contributed by atoms with Gasteiger partial charge in [0, 0.05) is 30.9 Å². The monoisotopic (exact) mass is 289 g/mol. The maximum absolute atomic E-state index is 6.18. The number of nitrogens with zero attached hydrogens (tertiary/aromatic N) is 2. The third-order valence-electron chi connectivity index (χ3n) is 3.10. The molecule has 1 aromatic heterocycles. The van der Waals surface area contributed by atoms with Gasteiger partial charge >= 0.3 is 0 Å². The van der Waals surface area contributed by atoms with Crippen LogP contribution in [0.5, 0.6) is 0 Å². The van der Waals surface area contributed by atoms with E-state index in [1.165, 1.54) is 5.56 Å². The lowest BCUT2D eigenvalue weighted by Gasteiger charge is -2.17. The molecule has 2 aromatic rings. The van der Waals surface area contributed by atoms with Gasteiger partial charge in [0.25, 0.3) is 0 Å². The molecule has 4 heteroatoms. The van der Waals surface area contributed by atoms with Crippen LogP contribution in [-0.4, -0.2) is 24.0 Å². The fourth-order valence-corrected chi connectivity index (χ4v) is 2.30. The summed E-state index contributed by atoms with van der Waals surface area (Å²) >= 11 is 6.18. The van der Waals surface area contributed by atoms with E-state index >= 15 is 0 Å². The Hall–Kier alpha value is -1.42. The average molecular weight is 290 g/mol. The maximum atomic E-state index is 6.18. The Kier molecular flexibility index (Phi) is 5.53. The summed E-state index contributed by atoms with van der Waals surface area (Å²) in [6.45, 7) is 2.48. The molecular formula is C16H20ClN3. The molecule has 0 atom stereocenters. The van der Waals surface area contributed by atoms with Gasteiger partial charge in [0.1, 0.15) is 0 Å². The zero-order chi connectivity index (χ0) is 14.4. The molecule has 0 aliphatic heterocycles. The van der Waals surface area contributed by atoms with Gasteiger partial charge in [-0.15, -0.1) is 0 Å². The zero-order valence-corrected chi connectivity index (χ0v) is 12.7. The van der Waals surface area contributed by atoms with Crippen LogP contribution >= 0.6 is 11.6 Å². The van der Waals surface area contributed by atoms with Crippen LogP contribution in [0.15, 0.2) is 42.6 Å². The van der Waals surface area contributed by atoms with Crippen molar-refractivity contribution in [2.75, 3.05) is 14.1 Å². The number of benzene rings is 1. The summed E-state index contributed by atoms with van der Waals surface area (Å²) in [5.41, 5.74) is 3.41. The van der Waals surface area contributed by atoms with Crippen LogP contribution in [0.4, 0.5) is 0 Å². The molecule has 3 nitrogen and oxygen atoms in total. The van der Waals surface area contributed by atoms with Crippen LogP contribution in [0, 0.1) is 0 Å². The largest absolute Gasteiger partial charge is 0.316 e. The van der Waals surface area contributed by atoms with E-state index in [1.807, 2.05) is 31.4 Å². The van der Waals surface area contributed by atoms with E-state index in [-0.39, 0.29) is 0 Å². The van der Waals surface area contributed by atoms with Crippen molar-refractivity contribution >= 4 is 11.6 Å². The Morgan fingerprint density at radius 3 is 2.60 bits per heavy atom. The molecule has 0 aliphatic carbocycles. The van der Waals surface area contributed by atoms with E-state index in [9.17, 15) is 0 Å². The van der Waals surface area contributed by atoms with Crippen LogP contribution in [0.1, 0.15) is 16.8 Å². The third kappa shape index (κ3) is 4.30. The van der Waals surface area contributed by atoms with Gasteiger partial charge in [-0.3, -0.25) is 9.88 Å². The molecule has 0 aliphatic rings. The van der Waals surface area contributed by atoms with Crippen molar-refractivity contribution in [1.29, 1.82) is 0 Å². The van der Waals surface area contributed by atoms with Crippen molar-refractivity contribution in [2.24, 2.45) is 0 Å². The van der Waals surface area contributed by atoms with Crippen molar-refractivity contribution < 1.29 is 0 Å². The lowest BCUT2D eigenvalue weighted by molar-refractivity contribution is 0.315. The van der Waals surface area contributed by atoms with Crippen molar-refractivity contribution in [1.82, 2.24) is 15.2 Å². The second-order valence-electron chi connectivity index (χ2n) is 4.95. The van der Waals surface area contributed by atoms with Gasteiger partial charge < -0.3 is 5.32 Å². The summed E-state index contributed by atoms with van der Waals surface area (Å²) < 4.78 is 0. The van der Waals surface area contributed by atoms with E-state index in [0.29, 0.717) is 0 Å². The zero-order valence-electron chi connectivity index (χ0n) is 11.9. The average Bonchev–Trinajstić information content (AvgIpc) is 2.44. The number of aromatic nitrogens is 1. The Morgan fingerprint density at radius 2 is 1.95 bits per heavy atom. The highest BCUT2D eigenvalue weighted by Crippen LogP contribution is 2.17. The van der Waals surface area contributed by atoms with Gasteiger partial charge in [-0.25, -0.2) is 0 Å². The second-order valence-corrected chi connectivity index (χ2v) is 5.36. The third-order valence-corrected chi connectivity index (χ3v) is 3.47. The Labute approximate surface area is 125 Å². The fraction of sp³-hybridized carbons (Fsp3) is 0.312. The predicted molar refractivity (Wildman–Crippen MR) is 83.6 cm³/mol. The van der Waals surface area contributed by atoms with Crippen molar-refractivity contribution in [3.63, 3.8) is 0 Å². The molecule has 0 saturated carbocycles. The second kappa shape index (κ2) is 7.39. The van der Waals surface area contributed by atoms with Gasteiger partial charge in [-0.2, -0.15) is 0 Å². The van der Waals surface area contributed by atoms with Crippen LogP contribution in [-0.2, 0) is 19.6 Å². The van der Waals surface area contributed by atoms with Crippen LogP contribution in [0.3, 0.4) is 0 Å². The molecule has 0 amide bonds. The molecule has 0 radical (unpaired) electrons. The fourth-order valence-electron chi connectivity index (χ4n) is 2.11. The first-order chi connectivity index (χ1) is 9.69. The first-order valence-electron chi connectivity index (χ1n) is 6.69. The molecule has 1 aromatic carbocycles. The highest BCUT2D eigenvalue weighted by atomic mass is 35.5. The molecule has 20 heavy (non-hydrogen) atoms. The van der Waals surface area contributed by atoms with Crippen LogP contribution < -0.4 is 5.32 Å². The Bertz CT molecular complexity index is 540. The summed E-state index contributed by atoms with van der Waals surface area (Å²) in [5.74, 6) is 0. The number of rotatable bonds is 6. The number of nitrogens with one attached hydrogen (secondary N) is 1. The minimum absolute atomic E-state index is 0.811. The summed E-state index contributed by atoms with van der Waals surface area (Å²) in [6, 6.07) is 12.1. The Morgan fingerprint density at radius 1 is 1.15 bits per heavy atom. The molecule has 0 spiro atoms. The molecule has 1 heterocycles. The predicted octanol–water partition coefficient (Wildman–Crippen LogP) is 3.09. The molecule has 0 saturated heterocycles. The van der Waals surface area contributed by atoms with E-state index in [4.69, 9.17) is 11.6 Å². The SMILES string of the molecule is CNCc1ccc(CN(C)Cc2ccccc2Cl)nc1. The topological polar surface area (TPSA) is 28.2 Å². The number of hydrogen-bond acceptors (Lipinski definition) is 3. The first kappa shape index (κ1) is 15.0. The summed E-state index contributed by atoms with van der Waals surface area (Å²) in [4.78, 5) is 6.70. The maximum Gasteiger partial charge on any atom is 0.0544 e. The molecule has 2 rings (SSSR count). The number of halogens is 1. The molecule has 106 valence electrons. The van der Waals surface area contributed by atoms with E-state index in [2.05, 4.69) is 40.4 Å². The standard InChI is InChI=1S/C16H20ClN3/c1-18-9-13-7-8-15(19-10-13)12-20(2)11-14-5-3-4-6-16(14)17/h3-8,10,18H,9,11-12H2,1-2H3. The Balaban J connectivity index is 1.94. The number of pyridine rings is 1. The van der Waals surface area contributed by atoms with Crippen molar-refractivity contribution in [3.05, 3.63) is 64.4 Å². The minimum Gasteiger partial charge on any atom is -0.316 e. The normalized spacial score (nSPS) is 11.0. The molecule has 0 bridgehead atoms. The van der Waals surface area contributed by atoms with Crippen LogP contribution in [0.25, 0.3) is 0 Å². The van der Waals surface area contributed by atoms with Crippen molar-refractivity contribution in [2.45, 2.75) is 19.6 Å². The molecule has 1 N–H and O–H groups in total. The highest BCUT2D eigenvalue weighted by molar-refractivity contribution is 6.31. The first-order valence-corrected chi connectivity index (χ1v) is 7.07. The number of hydrogen-bond donors (Lipinski definition) is 1. The summed E-state index contributed by atoms with van der Waals surface area (Å²) in [6.07, 6.45) is 1.93. The van der Waals surface area contributed by atoms with Gasteiger partial charge in [0.15, 0.2) is 0 Å². The van der Waals surface area contributed by atoms with Gasteiger partial charge in [-0.05, 0) is 37.4 Å². The highest BCUT2D eigenvalue weighted by Gasteiger charge is 2.05. The smallest absolute Gasteiger partial charge is 0.0544 e. The van der Waals surface area contributed by atoms with Crippen LogP contribution in [0.2, 0.25) is 5.02 Å². The quantitative estimate of drug-likeness (QED) is 0.886. The lowest BCUT2D eigenvalue weighted by atomic mass is 10.2. The van der Waals surface area contributed by atoms with E-state index in [0.717, 1.165) is 35.9 Å².